The molecule has 0 amide bonds. The summed E-state index contributed by atoms with van der Waals surface area (Å²) in [6.45, 7) is 2.03. The number of rotatable bonds is 5. The number of hydrogen-bond donors (Lipinski definition) is 1. The summed E-state index contributed by atoms with van der Waals surface area (Å²) in [4.78, 5) is 10.6. The van der Waals surface area contributed by atoms with E-state index < -0.39 is 5.97 Å². The van der Waals surface area contributed by atoms with Crippen molar-refractivity contribution < 1.29 is 9.90 Å². The van der Waals surface area contributed by atoms with Crippen LogP contribution >= 0.6 is 0 Å². The topological polar surface area (TPSA) is 63.1 Å². The van der Waals surface area contributed by atoms with Crippen LogP contribution in [0.3, 0.4) is 0 Å². The Balaban J connectivity index is 2.72. The first-order chi connectivity index (χ1) is 6.74. The van der Waals surface area contributed by atoms with Crippen molar-refractivity contribution in [1.29, 1.82) is 0 Å². The zero-order valence-electron chi connectivity index (χ0n) is 8.18. The lowest BCUT2D eigenvalue weighted by atomic mass is 9.96. The van der Waals surface area contributed by atoms with Crippen LogP contribution in [0.2, 0.25) is 0 Å². The standard InChI is InChI=1S/C10H14N2O2/c1-2-4-8(7-10(13)14)9-5-3-6-11-12-9/h3,5-6,8H,2,4,7H2,1H3,(H,13,14). The summed E-state index contributed by atoms with van der Waals surface area (Å²) in [6.07, 6.45) is 3.51. The summed E-state index contributed by atoms with van der Waals surface area (Å²) in [7, 11) is 0. The molecular weight excluding hydrogens is 180 g/mol. The Labute approximate surface area is 83.0 Å². The van der Waals surface area contributed by atoms with E-state index >= 15 is 0 Å². The number of carboxylic acids is 1. The van der Waals surface area contributed by atoms with Crippen LogP contribution in [0.5, 0.6) is 0 Å². The molecule has 14 heavy (non-hydrogen) atoms. The van der Waals surface area contributed by atoms with Crippen molar-refractivity contribution in [2.24, 2.45) is 0 Å². The van der Waals surface area contributed by atoms with E-state index in [-0.39, 0.29) is 12.3 Å². The Morgan fingerprint density at radius 2 is 2.43 bits per heavy atom. The zero-order chi connectivity index (χ0) is 10.4. The van der Waals surface area contributed by atoms with E-state index in [0.717, 1.165) is 18.5 Å². The van der Waals surface area contributed by atoms with Crippen LogP contribution < -0.4 is 0 Å². The average Bonchev–Trinajstić information content (AvgIpc) is 2.18. The molecule has 1 heterocycles. The Kier molecular flexibility index (Phi) is 4.04. The zero-order valence-corrected chi connectivity index (χ0v) is 8.18. The van der Waals surface area contributed by atoms with Crippen LogP contribution in [0, 0.1) is 0 Å². The normalized spacial score (nSPS) is 12.4. The quantitative estimate of drug-likeness (QED) is 0.776. The van der Waals surface area contributed by atoms with E-state index in [0.29, 0.717) is 0 Å². The molecule has 1 aromatic rings. The van der Waals surface area contributed by atoms with Crippen LogP contribution in [0.15, 0.2) is 18.3 Å². The number of carbonyl (C=O) groups is 1. The first kappa shape index (κ1) is 10.6. The fraction of sp³-hybridized carbons (Fsp3) is 0.500. The van der Waals surface area contributed by atoms with E-state index in [9.17, 15) is 4.79 Å². The van der Waals surface area contributed by atoms with Gasteiger partial charge in [-0.25, -0.2) is 0 Å². The fourth-order valence-corrected chi connectivity index (χ4v) is 1.44. The highest BCUT2D eigenvalue weighted by atomic mass is 16.4. The van der Waals surface area contributed by atoms with E-state index in [4.69, 9.17) is 5.11 Å². The van der Waals surface area contributed by atoms with Gasteiger partial charge in [0.2, 0.25) is 0 Å². The van der Waals surface area contributed by atoms with Gasteiger partial charge in [-0.15, -0.1) is 0 Å². The summed E-state index contributed by atoms with van der Waals surface area (Å²) in [5, 5.41) is 16.4. The van der Waals surface area contributed by atoms with Crippen molar-refractivity contribution in [3.05, 3.63) is 24.0 Å². The maximum atomic E-state index is 10.6. The number of nitrogens with zero attached hydrogens (tertiary/aromatic N) is 2. The van der Waals surface area contributed by atoms with Crippen LogP contribution in [0.1, 0.15) is 37.8 Å². The van der Waals surface area contributed by atoms with Crippen molar-refractivity contribution in [2.75, 3.05) is 0 Å². The van der Waals surface area contributed by atoms with Crippen molar-refractivity contribution in [1.82, 2.24) is 10.2 Å². The maximum Gasteiger partial charge on any atom is 0.304 e. The van der Waals surface area contributed by atoms with Crippen LogP contribution in [-0.4, -0.2) is 21.3 Å². The Morgan fingerprint density at radius 1 is 1.64 bits per heavy atom. The summed E-state index contributed by atoms with van der Waals surface area (Å²) in [5.41, 5.74) is 0.775. The van der Waals surface area contributed by atoms with Crippen LogP contribution in [-0.2, 0) is 4.79 Å². The summed E-state index contributed by atoms with van der Waals surface area (Å²) in [5.74, 6) is -0.791. The van der Waals surface area contributed by atoms with Gasteiger partial charge in [-0.1, -0.05) is 13.3 Å². The highest BCUT2D eigenvalue weighted by Gasteiger charge is 2.15. The van der Waals surface area contributed by atoms with Crippen molar-refractivity contribution in [3.63, 3.8) is 0 Å². The molecule has 1 atom stereocenters. The van der Waals surface area contributed by atoms with Gasteiger partial charge in [0.05, 0.1) is 12.1 Å². The molecule has 0 aromatic carbocycles. The van der Waals surface area contributed by atoms with Crippen LogP contribution in [0.4, 0.5) is 0 Å². The number of aromatic nitrogens is 2. The number of aliphatic carboxylic acids is 1. The second-order valence-electron chi connectivity index (χ2n) is 3.23. The monoisotopic (exact) mass is 194 g/mol. The molecule has 1 N–H and O–H groups in total. The molecule has 0 saturated carbocycles. The third-order valence-electron chi connectivity index (χ3n) is 2.07. The minimum absolute atomic E-state index is 0.00815. The molecule has 0 aliphatic heterocycles. The number of carboxylic acid groups (broad SMARTS) is 1. The molecule has 0 fully saturated rings. The van der Waals surface area contributed by atoms with Gasteiger partial charge in [-0.3, -0.25) is 4.79 Å². The third kappa shape index (κ3) is 3.12. The van der Waals surface area contributed by atoms with Crippen molar-refractivity contribution in [2.45, 2.75) is 32.1 Å². The molecular formula is C10H14N2O2. The minimum atomic E-state index is -0.783. The fourth-order valence-electron chi connectivity index (χ4n) is 1.44. The summed E-state index contributed by atoms with van der Waals surface area (Å²) < 4.78 is 0. The van der Waals surface area contributed by atoms with Crippen LogP contribution in [0.25, 0.3) is 0 Å². The third-order valence-corrected chi connectivity index (χ3v) is 2.07. The molecule has 0 aliphatic carbocycles. The van der Waals surface area contributed by atoms with E-state index in [1.54, 1.807) is 12.3 Å². The Morgan fingerprint density at radius 3 is 2.93 bits per heavy atom. The maximum absolute atomic E-state index is 10.6. The van der Waals surface area contributed by atoms with Gasteiger partial charge in [0.1, 0.15) is 0 Å². The highest BCUT2D eigenvalue weighted by molar-refractivity contribution is 5.67. The molecule has 0 bridgehead atoms. The lowest BCUT2D eigenvalue weighted by molar-refractivity contribution is -0.137. The lowest BCUT2D eigenvalue weighted by Crippen LogP contribution is -2.08. The molecule has 76 valence electrons. The van der Waals surface area contributed by atoms with Crippen molar-refractivity contribution in [3.8, 4) is 0 Å². The van der Waals surface area contributed by atoms with Gasteiger partial charge < -0.3 is 5.11 Å². The lowest BCUT2D eigenvalue weighted by Gasteiger charge is -2.11. The second kappa shape index (κ2) is 5.32. The Bertz CT molecular complexity index is 287. The SMILES string of the molecule is CCCC(CC(=O)O)c1cccnn1. The molecule has 0 saturated heterocycles. The predicted octanol–water partition coefficient (Wildman–Crippen LogP) is 1.83. The highest BCUT2D eigenvalue weighted by Crippen LogP contribution is 2.22. The van der Waals surface area contributed by atoms with Gasteiger partial charge in [0, 0.05) is 12.1 Å². The van der Waals surface area contributed by atoms with Gasteiger partial charge in [0.15, 0.2) is 0 Å². The van der Waals surface area contributed by atoms with E-state index in [1.807, 2.05) is 13.0 Å². The first-order valence-corrected chi connectivity index (χ1v) is 4.73. The molecule has 4 nitrogen and oxygen atoms in total. The smallest absolute Gasteiger partial charge is 0.304 e. The molecule has 1 unspecified atom stereocenters. The molecule has 0 radical (unpaired) electrons. The predicted molar refractivity (Wildman–Crippen MR) is 51.9 cm³/mol. The molecule has 0 spiro atoms. The van der Waals surface area contributed by atoms with E-state index in [1.165, 1.54) is 0 Å². The van der Waals surface area contributed by atoms with Gasteiger partial charge in [-0.2, -0.15) is 10.2 Å². The molecule has 4 heteroatoms. The average molecular weight is 194 g/mol. The Hall–Kier alpha value is -1.45. The van der Waals surface area contributed by atoms with Gasteiger partial charge in [-0.05, 0) is 18.6 Å². The van der Waals surface area contributed by atoms with Gasteiger partial charge in [0.25, 0.3) is 0 Å². The molecule has 0 aliphatic rings. The summed E-state index contributed by atoms with van der Waals surface area (Å²) >= 11 is 0. The molecule has 1 aromatic heterocycles. The number of hydrogen-bond acceptors (Lipinski definition) is 3. The van der Waals surface area contributed by atoms with Crippen molar-refractivity contribution >= 4 is 5.97 Å². The summed E-state index contributed by atoms with van der Waals surface area (Å²) in [6, 6.07) is 3.61. The first-order valence-electron chi connectivity index (χ1n) is 4.73. The van der Waals surface area contributed by atoms with Gasteiger partial charge >= 0.3 is 5.97 Å². The second-order valence-corrected chi connectivity index (χ2v) is 3.23. The van der Waals surface area contributed by atoms with E-state index in [2.05, 4.69) is 10.2 Å². The molecule has 1 rings (SSSR count). The minimum Gasteiger partial charge on any atom is -0.481 e. The largest absolute Gasteiger partial charge is 0.481 e.